The second kappa shape index (κ2) is 5.30. The molecule has 0 unspecified atom stereocenters. The number of rotatable bonds is 3. The predicted octanol–water partition coefficient (Wildman–Crippen LogP) is 2.02. The number of aryl methyl sites for hydroxylation is 1. The Kier molecular flexibility index (Phi) is 4.37. The van der Waals surface area contributed by atoms with E-state index in [1.807, 2.05) is 20.8 Å². The maximum absolute atomic E-state index is 11.8. The Morgan fingerprint density at radius 2 is 1.89 bits per heavy atom. The van der Waals surface area contributed by atoms with Crippen LogP contribution in [0.15, 0.2) is 23.1 Å². The van der Waals surface area contributed by atoms with Crippen molar-refractivity contribution in [2.45, 2.75) is 39.0 Å². The van der Waals surface area contributed by atoms with Crippen LogP contribution >= 0.6 is 0 Å². The van der Waals surface area contributed by atoms with Gasteiger partial charge in [-0.05, 0) is 36.1 Å². The number of primary sulfonamides is 1. The zero-order valence-electron chi connectivity index (χ0n) is 11.6. The Labute approximate surface area is 114 Å². The summed E-state index contributed by atoms with van der Waals surface area (Å²) in [5.41, 5.74) is 0.981. The van der Waals surface area contributed by atoms with Crippen LogP contribution in [0.3, 0.4) is 0 Å². The van der Waals surface area contributed by atoms with Crippen LogP contribution in [-0.2, 0) is 14.8 Å². The molecular weight excluding hydrogens is 264 g/mol. The fourth-order valence-electron chi connectivity index (χ4n) is 1.73. The Balaban J connectivity index is 2.89. The molecule has 19 heavy (non-hydrogen) atoms. The molecule has 0 bridgehead atoms. The van der Waals surface area contributed by atoms with Gasteiger partial charge in [-0.2, -0.15) is 0 Å². The SMILES string of the molecule is Cc1cc(NC(=O)CC(C)(C)C)ccc1S(N)(=O)=O. The number of anilines is 1. The quantitative estimate of drug-likeness (QED) is 0.889. The Bertz CT molecular complexity index is 586. The van der Waals surface area contributed by atoms with Gasteiger partial charge in [0, 0.05) is 12.1 Å². The van der Waals surface area contributed by atoms with Crippen molar-refractivity contribution in [1.82, 2.24) is 0 Å². The molecule has 0 aliphatic carbocycles. The number of sulfonamides is 1. The number of amides is 1. The lowest BCUT2D eigenvalue weighted by Crippen LogP contribution is -2.20. The minimum Gasteiger partial charge on any atom is -0.326 e. The molecule has 5 nitrogen and oxygen atoms in total. The van der Waals surface area contributed by atoms with Gasteiger partial charge in [-0.1, -0.05) is 20.8 Å². The van der Waals surface area contributed by atoms with Crippen LogP contribution in [0.1, 0.15) is 32.8 Å². The highest BCUT2D eigenvalue weighted by Crippen LogP contribution is 2.21. The normalized spacial score (nSPS) is 12.3. The minimum absolute atomic E-state index is 0.0707. The summed E-state index contributed by atoms with van der Waals surface area (Å²) in [5.74, 6) is -0.102. The van der Waals surface area contributed by atoms with Crippen LogP contribution in [0, 0.1) is 12.3 Å². The zero-order valence-corrected chi connectivity index (χ0v) is 12.5. The number of hydrogen-bond donors (Lipinski definition) is 2. The fraction of sp³-hybridized carbons (Fsp3) is 0.462. The first-order valence-electron chi connectivity index (χ1n) is 5.92. The van der Waals surface area contributed by atoms with Gasteiger partial charge in [-0.25, -0.2) is 13.6 Å². The number of nitrogens with two attached hydrogens (primary N) is 1. The number of nitrogens with one attached hydrogen (secondary N) is 1. The molecule has 106 valence electrons. The van der Waals surface area contributed by atoms with Crippen molar-refractivity contribution in [2.75, 3.05) is 5.32 Å². The number of hydrogen-bond acceptors (Lipinski definition) is 3. The molecule has 1 amide bonds. The third kappa shape index (κ3) is 5.00. The molecule has 1 rings (SSSR count). The molecular formula is C13H20N2O3S. The summed E-state index contributed by atoms with van der Waals surface area (Å²) in [6.45, 7) is 7.56. The van der Waals surface area contributed by atoms with Crippen molar-refractivity contribution in [1.29, 1.82) is 0 Å². The zero-order chi connectivity index (χ0) is 14.8. The Hall–Kier alpha value is -1.40. The van der Waals surface area contributed by atoms with Gasteiger partial charge in [-0.3, -0.25) is 4.79 Å². The molecule has 1 aromatic rings. The van der Waals surface area contributed by atoms with Gasteiger partial charge in [0.25, 0.3) is 0 Å². The molecule has 6 heteroatoms. The molecule has 1 aromatic carbocycles. The van der Waals surface area contributed by atoms with E-state index >= 15 is 0 Å². The summed E-state index contributed by atoms with van der Waals surface area (Å²) >= 11 is 0. The lowest BCUT2D eigenvalue weighted by atomic mass is 9.92. The van der Waals surface area contributed by atoms with Crippen LogP contribution < -0.4 is 10.5 Å². The average molecular weight is 284 g/mol. The first-order valence-corrected chi connectivity index (χ1v) is 7.47. The number of carbonyl (C=O) groups is 1. The molecule has 0 radical (unpaired) electrons. The molecule has 0 spiro atoms. The Morgan fingerprint density at radius 3 is 2.32 bits per heavy atom. The van der Waals surface area contributed by atoms with Crippen molar-refractivity contribution < 1.29 is 13.2 Å². The van der Waals surface area contributed by atoms with Crippen molar-refractivity contribution >= 4 is 21.6 Å². The topological polar surface area (TPSA) is 89.3 Å². The molecule has 0 saturated carbocycles. The van der Waals surface area contributed by atoms with Gasteiger partial charge in [-0.15, -0.1) is 0 Å². The highest BCUT2D eigenvalue weighted by molar-refractivity contribution is 7.89. The van der Waals surface area contributed by atoms with Crippen molar-refractivity contribution in [3.63, 3.8) is 0 Å². The van der Waals surface area contributed by atoms with Crippen molar-refractivity contribution in [2.24, 2.45) is 10.6 Å². The lowest BCUT2D eigenvalue weighted by Gasteiger charge is -2.17. The molecule has 0 atom stereocenters. The number of carbonyl (C=O) groups excluding carboxylic acids is 1. The van der Waals surface area contributed by atoms with E-state index in [9.17, 15) is 13.2 Å². The van der Waals surface area contributed by atoms with Crippen molar-refractivity contribution in [3.8, 4) is 0 Å². The van der Waals surface area contributed by atoms with Crippen molar-refractivity contribution in [3.05, 3.63) is 23.8 Å². The maximum atomic E-state index is 11.8. The van der Waals surface area contributed by atoms with Gasteiger partial charge in [0.05, 0.1) is 4.90 Å². The van der Waals surface area contributed by atoms with E-state index in [2.05, 4.69) is 5.32 Å². The van der Waals surface area contributed by atoms with E-state index in [0.717, 1.165) is 0 Å². The van der Waals surface area contributed by atoms with Crippen LogP contribution in [0.5, 0.6) is 0 Å². The summed E-state index contributed by atoms with van der Waals surface area (Å²) in [6, 6.07) is 4.53. The van der Waals surface area contributed by atoms with E-state index in [1.54, 1.807) is 13.0 Å². The largest absolute Gasteiger partial charge is 0.326 e. The molecule has 0 saturated heterocycles. The van der Waals surface area contributed by atoms with E-state index in [0.29, 0.717) is 17.7 Å². The summed E-state index contributed by atoms with van der Waals surface area (Å²) in [5, 5.41) is 7.82. The summed E-state index contributed by atoms with van der Waals surface area (Å²) in [7, 11) is -3.72. The number of benzene rings is 1. The van der Waals surface area contributed by atoms with Gasteiger partial charge in [0.15, 0.2) is 0 Å². The smallest absolute Gasteiger partial charge is 0.238 e. The van der Waals surface area contributed by atoms with Crippen LogP contribution in [0.25, 0.3) is 0 Å². The molecule has 0 aliphatic rings. The van der Waals surface area contributed by atoms with E-state index in [4.69, 9.17) is 5.14 Å². The standard InChI is InChI=1S/C13H20N2O3S/c1-9-7-10(5-6-11(9)19(14,17)18)15-12(16)8-13(2,3)4/h5-7H,8H2,1-4H3,(H,15,16)(H2,14,17,18). The molecule has 0 aromatic heterocycles. The summed E-state index contributed by atoms with van der Waals surface area (Å²) < 4.78 is 22.5. The van der Waals surface area contributed by atoms with Gasteiger partial charge >= 0.3 is 0 Å². The van der Waals surface area contributed by atoms with Gasteiger partial charge in [0.2, 0.25) is 15.9 Å². The molecule has 0 heterocycles. The first kappa shape index (κ1) is 15.7. The van der Waals surface area contributed by atoms with Crippen LogP contribution in [0.2, 0.25) is 0 Å². The van der Waals surface area contributed by atoms with E-state index < -0.39 is 10.0 Å². The highest BCUT2D eigenvalue weighted by Gasteiger charge is 2.17. The maximum Gasteiger partial charge on any atom is 0.238 e. The second-order valence-electron chi connectivity index (χ2n) is 5.81. The molecule has 3 N–H and O–H groups in total. The highest BCUT2D eigenvalue weighted by atomic mass is 32.2. The third-order valence-electron chi connectivity index (χ3n) is 2.46. The average Bonchev–Trinajstić information content (AvgIpc) is 2.11. The summed E-state index contributed by atoms with van der Waals surface area (Å²) in [6.07, 6.45) is 0.392. The van der Waals surface area contributed by atoms with Crippen LogP contribution in [-0.4, -0.2) is 14.3 Å². The third-order valence-corrected chi connectivity index (χ3v) is 3.53. The predicted molar refractivity (Wildman–Crippen MR) is 75.3 cm³/mol. The molecule has 0 aliphatic heterocycles. The van der Waals surface area contributed by atoms with Gasteiger partial charge in [0.1, 0.15) is 0 Å². The second-order valence-corrected chi connectivity index (χ2v) is 7.34. The lowest BCUT2D eigenvalue weighted by molar-refractivity contribution is -0.117. The van der Waals surface area contributed by atoms with E-state index in [1.165, 1.54) is 12.1 Å². The van der Waals surface area contributed by atoms with Crippen LogP contribution in [0.4, 0.5) is 5.69 Å². The minimum atomic E-state index is -3.72. The molecule has 0 fully saturated rings. The summed E-state index contributed by atoms with van der Waals surface area (Å²) in [4.78, 5) is 11.8. The van der Waals surface area contributed by atoms with E-state index in [-0.39, 0.29) is 16.2 Å². The fourth-order valence-corrected chi connectivity index (χ4v) is 2.50. The first-order chi connectivity index (χ1) is 8.49. The van der Waals surface area contributed by atoms with Gasteiger partial charge < -0.3 is 5.32 Å². The monoisotopic (exact) mass is 284 g/mol. The Morgan fingerprint density at radius 1 is 1.32 bits per heavy atom.